The van der Waals surface area contributed by atoms with Crippen molar-refractivity contribution in [3.8, 4) is 0 Å². The molecule has 6 heteroatoms. The number of anilines is 2. The molecule has 1 amide bonds. The average molecular weight is 289 g/mol. The lowest BCUT2D eigenvalue weighted by Crippen LogP contribution is -2.43. The highest BCUT2D eigenvalue weighted by atomic mass is 16.4. The molecule has 112 valence electrons. The van der Waals surface area contributed by atoms with Crippen LogP contribution in [0.4, 0.5) is 11.4 Å². The molecule has 2 aliphatic heterocycles. The van der Waals surface area contributed by atoms with Crippen molar-refractivity contribution >= 4 is 23.3 Å². The first-order valence-electron chi connectivity index (χ1n) is 7.26. The summed E-state index contributed by atoms with van der Waals surface area (Å²) < 4.78 is 0. The van der Waals surface area contributed by atoms with Crippen LogP contribution in [0.2, 0.25) is 0 Å². The molecular formula is C15H19N3O3. The predicted molar refractivity (Wildman–Crippen MR) is 79.8 cm³/mol. The maximum atomic E-state index is 12.0. The summed E-state index contributed by atoms with van der Waals surface area (Å²) >= 11 is 0. The van der Waals surface area contributed by atoms with Gasteiger partial charge in [-0.1, -0.05) is 0 Å². The van der Waals surface area contributed by atoms with Gasteiger partial charge in [-0.25, -0.2) is 0 Å². The molecule has 1 saturated heterocycles. The predicted octanol–water partition coefficient (Wildman–Crippen LogP) is 0.460. The van der Waals surface area contributed by atoms with Crippen molar-refractivity contribution in [1.29, 1.82) is 0 Å². The van der Waals surface area contributed by atoms with Gasteiger partial charge < -0.3 is 20.2 Å². The minimum absolute atomic E-state index is 0.0105. The molecule has 1 aromatic carbocycles. The number of carbonyl (C=O) groups is 2. The quantitative estimate of drug-likeness (QED) is 0.842. The van der Waals surface area contributed by atoms with Crippen molar-refractivity contribution in [2.45, 2.75) is 12.8 Å². The molecule has 0 spiro atoms. The molecule has 0 aliphatic carbocycles. The molecule has 0 saturated carbocycles. The first kappa shape index (κ1) is 13.9. The zero-order valence-corrected chi connectivity index (χ0v) is 11.8. The van der Waals surface area contributed by atoms with Crippen LogP contribution >= 0.6 is 0 Å². The smallest absolute Gasteiger partial charge is 0.305 e. The lowest BCUT2D eigenvalue weighted by Gasteiger charge is -2.30. The number of carboxylic acids is 1. The molecule has 1 fully saturated rings. The summed E-state index contributed by atoms with van der Waals surface area (Å²) in [5, 5.41) is 12.1. The van der Waals surface area contributed by atoms with E-state index in [4.69, 9.17) is 5.11 Å². The van der Waals surface area contributed by atoms with Gasteiger partial charge in [-0.3, -0.25) is 9.59 Å². The number of benzene rings is 1. The second kappa shape index (κ2) is 5.73. The van der Waals surface area contributed by atoms with Crippen LogP contribution in [0.5, 0.6) is 0 Å². The lowest BCUT2D eigenvalue weighted by molar-refractivity contribution is -0.136. The normalized spacial score (nSPS) is 18.0. The Labute approximate surface area is 123 Å². The summed E-state index contributed by atoms with van der Waals surface area (Å²) in [6.45, 7) is 4.13. The Balaban J connectivity index is 1.79. The largest absolute Gasteiger partial charge is 0.481 e. The van der Waals surface area contributed by atoms with E-state index in [1.165, 1.54) is 0 Å². The lowest BCUT2D eigenvalue weighted by atomic mass is 10.1. The van der Waals surface area contributed by atoms with Gasteiger partial charge >= 0.3 is 5.97 Å². The van der Waals surface area contributed by atoms with E-state index in [-0.39, 0.29) is 18.9 Å². The van der Waals surface area contributed by atoms with Crippen molar-refractivity contribution in [1.82, 2.24) is 5.32 Å². The summed E-state index contributed by atoms with van der Waals surface area (Å²) in [5.41, 5.74) is 3.00. The summed E-state index contributed by atoms with van der Waals surface area (Å²) in [6, 6.07) is 6.04. The number of amides is 1. The van der Waals surface area contributed by atoms with Gasteiger partial charge in [0.15, 0.2) is 0 Å². The van der Waals surface area contributed by atoms with Crippen LogP contribution < -0.4 is 15.1 Å². The topological polar surface area (TPSA) is 72.9 Å². The van der Waals surface area contributed by atoms with Crippen molar-refractivity contribution in [2.24, 2.45) is 0 Å². The zero-order chi connectivity index (χ0) is 14.8. The first-order chi connectivity index (χ1) is 10.1. The number of nitrogens with one attached hydrogen (secondary N) is 1. The Morgan fingerprint density at radius 1 is 1.29 bits per heavy atom. The number of carboxylic acid groups (broad SMARTS) is 1. The van der Waals surface area contributed by atoms with E-state index in [1.807, 2.05) is 12.1 Å². The van der Waals surface area contributed by atoms with E-state index in [1.54, 1.807) is 4.90 Å². The van der Waals surface area contributed by atoms with Crippen LogP contribution in [-0.4, -0.2) is 49.7 Å². The number of fused-ring (bicyclic) bond motifs is 1. The minimum atomic E-state index is -0.881. The zero-order valence-electron chi connectivity index (χ0n) is 11.8. The van der Waals surface area contributed by atoms with Crippen LogP contribution in [-0.2, 0) is 16.0 Å². The standard InChI is InChI=1S/C15H19N3O3/c19-14-10-11-9-12(17-7-4-16-5-8-17)1-2-13(11)18(14)6-3-15(20)21/h1-2,9,16H,3-8,10H2,(H,20,21). The van der Waals surface area contributed by atoms with Gasteiger partial charge in [0.05, 0.1) is 12.8 Å². The average Bonchev–Trinajstić information content (AvgIpc) is 2.80. The number of piperazine rings is 1. The van der Waals surface area contributed by atoms with Crippen LogP contribution in [0.25, 0.3) is 0 Å². The van der Waals surface area contributed by atoms with E-state index in [2.05, 4.69) is 16.3 Å². The minimum Gasteiger partial charge on any atom is -0.481 e. The van der Waals surface area contributed by atoms with Gasteiger partial charge in [0.2, 0.25) is 5.91 Å². The third-order valence-electron chi connectivity index (χ3n) is 4.03. The molecule has 21 heavy (non-hydrogen) atoms. The molecule has 0 atom stereocenters. The van der Waals surface area contributed by atoms with Crippen molar-refractivity contribution in [3.05, 3.63) is 23.8 Å². The van der Waals surface area contributed by atoms with E-state index < -0.39 is 5.97 Å². The van der Waals surface area contributed by atoms with Crippen LogP contribution in [0.15, 0.2) is 18.2 Å². The van der Waals surface area contributed by atoms with Crippen molar-refractivity contribution in [2.75, 3.05) is 42.5 Å². The molecule has 2 N–H and O–H groups in total. The highest BCUT2D eigenvalue weighted by Gasteiger charge is 2.28. The Hall–Kier alpha value is -2.08. The second-order valence-corrected chi connectivity index (χ2v) is 5.42. The van der Waals surface area contributed by atoms with Crippen molar-refractivity contribution in [3.63, 3.8) is 0 Å². The Bertz CT molecular complexity index is 567. The molecule has 2 aliphatic rings. The fourth-order valence-corrected chi connectivity index (χ4v) is 2.94. The Morgan fingerprint density at radius 3 is 2.76 bits per heavy atom. The van der Waals surface area contributed by atoms with E-state index in [0.29, 0.717) is 6.42 Å². The van der Waals surface area contributed by atoms with Crippen LogP contribution in [0, 0.1) is 0 Å². The Kier molecular flexibility index (Phi) is 3.79. The van der Waals surface area contributed by atoms with Gasteiger partial charge in [-0.05, 0) is 23.8 Å². The number of hydrogen-bond donors (Lipinski definition) is 2. The maximum absolute atomic E-state index is 12.0. The summed E-state index contributed by atoms with van der Waals surface area (Å²) in [5.74, 6) is -0.891. The highest BCUT2D eigenvalue weighted by molar-refractivity contribution is 6.02. The third kappa shape index (κ3) is 2.85. The third-order valence-corrected chi connectivity index (χ3v) is 4.03. The van der Waals surface area contributed by atoms with Crippen LogP contribution in [0.1, 0.15) is 12.0 Å². The highest BCUT2D eigenvalue weighted by Crippen LogP contribution is 2.32. The number of rotatable bonds is 4. The molecule has 1 aromatic rings. The fourth-order valence-electron chi connectivity index (χ4n) is 2.94. The molecular weight excluding hydrogens is 270 g/mol. The van der Waals surface area contributed by atoms with E-state index in [0.717, 1.165) is 43.1 Å². The SMILES string of the molecule is O=C(O)CCN1C(=O)Cc2cc(N3CCNCC3)ccc21. The van der Waals surface area contributed by atoms with Gasteiger partial charge in [0.1, 0.15) is 0 Å². The second-order valence-electron chi connectivity index (χ2n) is 5.42. The molecule has 0 aromatic heterocycles. The van der Waals surface area contributed by atoms with Crippen LogP contribution in [0.3, 0.4) is 0 Å². The summed E-state index contributed by atoms with van der Waals surface area (Å²) in [6.07, 6.45) is 0.347. The van der Waals surface area contributed by atoms with Gasteiger partial charge in [0.25, 0.3) is 0 Å². The number of carbonyl (C=O) groups excluding carboxylic acids is 1. The summed E-state index contributed by atoms with van der Waals surface area (Å²) in [7, 11) is 0. The number of aliphatic carboxylic acids is 1. The molecule has 6 nitrogen and oxygen atoms in total. The summed E-state index contributed by atoms with van der Waals surface area (Å²) in [4.78, 5) is 26.6. The fraction of sp³-hybridized carbons (Fsp3) is 0.467. The first-order valence-corrected chi connectivity index (χ1v) is 7.26. The Morgan fingerprint density at radius 2 is 2.05 bits per heavy atom. The van der Waals surface area contributed by atoms with E-state index in [9.17, 15) is 9.59 Å². The number of nitrogens with zero attached hydrogens (tertiary/aromatic N) is 2. The van der Waals surface area contributed by atoms with E-state index >= 15 is 0 Å². The van der Waals surface area contributed by atoms with Gasteiger partial charge in [-0.15, -0.1) is 0 Å². The van der Waals surface area contributed by atoms with Gasteiger partial charge in [-0.2, -0.15) is 0 Å². The molecule has 2 heterocycles. The molecule has 0 bridgehead atoms. The molecule has 0 unspecified atom stereocenters. The van der Waals surface area contributed by atoms with Gasteiger partial charge in [0, 0.05) is 44.1 Å². The number of hydrogen-bond acceptors (Lipinski definition) is 4. The monoisotopic (exact) mass is 289 g/mol. The molecule has 0 radical (unpaired) electrons. The molecule has 3 rings (SSSR count). The van der Waals surface area contributed by atoms with Crippen molar-refractivity contribution < 1.29 is 14.7 Å². The maximum Gasteiger partial charge on any atom is 0.305 e.